The van der Waals surface area contributed by atoms with E-state index in [4.69, 9.17) is 5.73 Å². The minimum Gasteiger partial charge on any atom is -0.330 e. The Morgan fingerprint density at radius 2 is 2.25 bits per heavy atom. The van der Waals surface area contributed by atoms with E-state index in [9.17, 15) is 0 Å². The van der Waals surface area contributed by atoms with Crippen molar-refractivity contribution >= 4 is 11.8 Å². The van der Waals surface area contributed by atoms with Crippen LogP contribution in [-0.2, 0) is 5.75 Å². The van der Waals surface area contributed by atoms with Crippen LogP contribution < -0.4 is 5.73 Å². The topological polar surface area (TPSA) is 43.8 Å². The van der Waals surface area contributed by atoms with Crippen molar-refractivity contribution in [2.24, 2.45) is 11.7 Å². The van der Waals surface area contributed by atoms with E-state index >= 15 is 0 Å². The Labute approximate surface area is 103 Å². The third kappa shape index (κ3) is 4.18. The summed E-state index contributed by atoms with van der Waals surface area (Å²) in [7, 11) is 0. The van der Waals surface area contributed by atoms with Gasteiger partial charge >= 0.3 is 0 Å². The van der Waals surface area contributed by atoms with Crippen molar-refractivity contribution in [3.05, 3.63) is 18.0 Å². The summed E-state index contributed by atoms with van der Waals surface area (Å²) < 4.78 is 2.06. The van der Waals surface area contributed by atoms with Gasteiger partial charge < -0.3 is 5.73 Å². The van der Waals surface area contributed by atoms with Crippen LogP contribution in [-0.4, -0.2) is 22.1 Å². The summed E-state index contributed by atoms with van der Waals surface area (Å²) >= 11 is 1.92. The second-order valence-corrected chi connectivity index (χ2v) is 5.43. The summed E-state index contributed by atoms with van der Waals surface area (Å²) in [5.41, 5.74) is 6.76. The Kier molecular flexibility index (Phi) is 5.91. The fourth-order valence-electron chi connectivity index (χ4n) is 1.32. The summed E-state index contributed by atoms with van der Waals surface area (Å²) in [6.45, 7) is 7.34. The van der Waals surface area contributed by atoms with E-state index in [0.717, 1.165) is 24.5 Å². The molecule has 0 saturated heterocycles. The van der Waals surface area contributed by atoms with E-state index in [2.05, 4.69) is 42.8 Å². The van der Waals surface area contributed by atoms with Gasteiger partial charge in [0.05, 0.1) is 5.69 Å². The predicted molar refractivity (Wildman–Crippen MR) is 71.6 cm³/mol. The lowest BCUT2D eigenvalue weighted by Crippen LogP contribution is -2.12. The van der Waals surface area contributed by atoms with Crippen molar-refractivity contribution in [3.8, 4) is 0 Å². The van der Waals surface area contributed by atoms with E-state index in [1.54, 1.807) is 0 Å². The number of hydrogen-bond acceptors (Lipinski definition) is 3. The van der Waals surface area contributed by atoms with E-state index < -0.39 is 0 Å². The highest BCUT2D eigenvalue weighted by Gasteiger charge is 2.05. The Balaban J connectivity index is 2.35. The molecule has 3 nitrogen and oxygen atoms in total. The van der Waals surface area contributed by atoms with Crippen LogP contribution >= 0.6 is 11.8 Å². The molecule has 0 radical (unpaired) electrons. The van der Waals surface area contributed by atoms with Crippen LogP contribution in [0, 0.1) is 5.92 Å². The number of nitrogens with zero attached hydrogens (tertiary/aromatic N) is 2. The fourth-order valence-corrected chi connectivity index (χ4v) is 2.34. The highest BCUT2D eigenvalue weighted by atomic mass is 32.2. The van der Waals surface area contributed by atoms with Gasteiger partial charge in [0.1, 0.15) is 0 Å². The predicted octanol–water partition coefficient (Wildman–Crippen LogP) is 2.68. The fraction of sp³-hybridized carbons (Fsp3) is 0.750. The van der Waals surface area contributed by atoms with Crippen molar-refractivity contribution in [1.29, 1.82) is 0 Å². The molecule has 1 rings (SSSR count). The second-order valence-electron chi connectivity index (χ2n) is 4.40. The van der Waals surface area contributed by atoms with Gasteiger partial charge in [-0.05, 0) is 37.6 Å². The molecule has 0 amide bonds. The zero-order valence-electron chi connectivity index (χ0n) is 10.5. The monoisotopic (exact) mass is 241 g/mol. The molecule has 16 heavy (non-hydrogen) atoms. The zero-order valence-corrected chi connectivity index (χ0v) is 11.3. The van der Waals surface area contributed by atoms with Gasteiger partial charge in [-0.1, -0.05) is 13.8 Å². The van der Waals surface area contributed by atoms with Crippen LogP contribution in [0.5, 0.6) is 0 Å². The van der Waals surface area contributed by atoms with Gasteiger partial charge in [-0.25, -0.2) is 0 Å². The molecule has 1 heterocycles. The molecular weight excluding hydrogens is 218 g/mol. The van der Waals surface area contributed by atoms with E-state index in [1.807, 2.05) is 11.8 Å². The maximum absolute atomic E-state index is 5.58. The average Bonchev–Trinajstić information content (AvgIpc) is 2.76. The lowest BCUT2D eigenvalue weighted by atomic mass is 10.2. The van der Waals surface area contributed by atoms with Crippen LogP contribution in [0.15, 0.2) is 12.3 Å². The van der Waals surface area contributed by atoms with Crippen molar-refractivity contribution in [1.82, 2.24) is 9.78 Å². The first-order chi connectivity index (χ1) is 7.67. The Morgan fingerprint density at radius 3 is 2.88 bits per heavy atom. The molecule has 1 aromatic heterocycles. The largest absolute Gasteiger partial charge is 0.330 e. The molecule has 2 atom stereocenters. The molecular formula is C12H23N3S. The first-order valence-corrected chi connectivity index (χ1v) is 7.14. The van der Waals surface area contributed by atoms with Crippen LogP contribution in [0.2, 0.25) is 0 Å². The van der Waals surface area contributed by atoms with Gasteiger partial charge in [0.15, 0.2) is 0 Å². The van der Waals surface area contributed by atoms with Crippen LogP contribution in [0.4, 0.5) is 0 Å². The van der Waals surface area contributed by atoms with Crippen LogP contribution in [0.3, 0.4) is 0 Å². The lowest BCUT2D eigenvalue weighted by molar-refractivity contribution is 0.475. The first-order valence-electron chi connectivity index (χ1n) is 5.99. The number of nitrogens with two attached hydrogens (primary N) is 1. The summed E-state index contributed by atoms with van der Waals surface area (Å²) in [5, 5.41) is 4.57. The summed E-state index contributed by atoms with van der Waals surface area (Å²) in [4.78, 5) is 0. The molecule has 92 valence electrons. The maximum Gasteiger partial charge on any atom is 0.0723 e. The first kappa shape index (κ1) is 13.6. The Hall–Kier alpha value is -0.480. The zero-order chi connectivity index (χ0) is 12.0. The highest BCUT2D eigenvalue weighted by molar-refractivity contribution is 7.98. The van der Waals surface area contributed by atoms with Gasteiger partial charge in [-0.2, -0.15) is 16.9 Å². The molecule has 0 bridgehead atoms. The number of rotatable bonds is 7. The van der Waals surface area contributed by atoms with Crippen molar-refractivity contribution < 1.29 is 0 Å². The van der Waals surface area contributed by atoms with Crippen LogP contribution in [0.1, 0.15) is 38.9 Å². The Morgan fingerprint density at radius 1 is 1.50 bits per heavy atom. The molecule has 2 N–H and O–H groups in total. The number of aromatic nitrogens is 2. The quantitative estimate of drug-likeness (QED) is 0.798. The second kappa shape index (κ2) is 6.97. The van der Waals surface area contributed by atoms with Gasteiger partial charge in [0, 0.05) is 18.0 Å². The van der Waals surface area contributed by atoms with Gasteiger partial charge in [0.2, 0.25) is 0 Å². The highest BCUT2D eigenvalue weighted by Crippen LogP contribution is 2.15. The lowest BCUT2D eigenvalue weighted by Gasteiger charge is -2.08. The van der Waals surface area contributed by atoms with Gasteiger partial charge in [-0.15, -0.1) is 0 Å². The molecule has 0 fully saturated rings. The maximum atomic E-state index is 5.58. The molecule has 0 aromatic carbocycles. The molecule has 2 unspecified atom stereocenters. The SMILES string of the molecule is CCC(C)n1ccc(CSCC(C)CN)n1. The third-order valence-electron chi connectivity index (χ3n) is 2.76. The molecule has 0 aliphatic carbocycles. The molecule has 0 aliphatic heterocycles. The molecule has 4 heteroatoms. The van der Waals surface area contributed by atoms with Gasteiger partial charge in [-0.3, -0.25) is 4.68 Å². The molecule has 0 aliphatic rings. The van der Waals surface area contributed by atoms with Crippen LogP contribution in [0.25, 0.3) is 0 Å². The van der Waals surface area contributed by atoms with E-state index in [1.165, 1.54) is 5.69 Å². The van der Waals surface area contributed by atoms with Crippen molar-refractivity contribution in [2.45, 2.75) is 39.0 Å². The summed E-state index contributed by atoms with van der Waals surface area (Å²) in [5.74, 6) is 2.71. The third-order valence-corrected chi connectivity index (χ3v) is 4.07. The molecule has 0 spiro atoms. The molecule has 0 saturated carbocycles. The number of thioether (sulfide) groups is 1. The minimum absolute atomic E-state index is 0.502. The molecule has 1 aromatic rings. The van der Waals surface area contributed by atoms with Gasteiger partial charge in [0.25, 0.3) is 0 Å². The van der Waals surface area contributed by atoms with Crippen molar-refractivity contribution in [2.75, 3.05) is 12.3 Å². The smallest absolute Gasteiger partial charge is 0.0723 e. The standard InChI is InChI=1S/C12H23N3S/c1-4-11(3)15-6-5-12(14-15)9-16-8-10(2)7-13/h5-6,10-11H,4,7-9,13H2,1-3H3. The Bertz CT molecular complexity index is 298. The minimum atomic E-state index is 0.502. The van der Waals surface area contributed by atoms with E-state index in [-0.39, 0.29) is 0 Å². The number of hydrogen-bond donors (Lipinski definition) is 1. The van der Waals surface area contributed by atoms with Crippen molar-refractivity contribution in [3.63, 3.8) is 0 Å². The van der Waals surface area contributed by atoms with E-state index in [0.29, 0.717) is 12.0 Å². The average molecular weight is 241 g/mol. The normalized spacial score (nSPS) is 15.0. The summed E-state index contributed by atoms with van der Waals surface area (Å²) in [6.07, 6.45) is 3.20. The summed E-state index contributed by atoms with van der Waals surface area (Å²) in [6, 6.07) is 2.62.